The lowest BCUT2D eigenvalue weighted by Crippen LogP contribution is -2.38. The smallest absolute Gasteiger partial charge is 0.274 e. The number of amides is 1. The minimum absolute atomic E-state index is 0.0319. The quantitative estimate of drug-likeness (QED) is 0.846. The fraction of sp³-hybridized carbons (Fsp3) is 0.444. The molecule has 1 aliphatic carbocycles. The van der Waals surface area contributed by atoms with E-state index in [-0.39, 0.29) is 17.8 Å². The number of halogens is 1. The van der Waals surface area contributed by atoms with Crippen LogP contribution in [0.3, 0.4) is 0 Å². The second kappa shape index (κ2) is 6.73. The van der Waals surface area contributed by atoms with Crippen molar-refractivity contribution >= 4 is 5.91 Å². The van der Waals surface area contributed by atoms with Crippen LogP contribution in [-0.2, 0) is 17.6 Å². The van der Waals surface area contributed by atoms with Gasteiger partial charge in [-0.3, -0.25) is 4.79 Å². The molecular formula is C18H22FN3O2. The van der Waals surface area contributed by atoms with Gasteiger partial charge in [0.05, 0.1) is 18.3 Å². The zero-order valence-corrected chi connectivity index (χ0v) is 14.3. The number of hydrogen-bond acceptors (Lipinski definition) is 3. The summed E-state index contributed by atoms with van der Waals surface area (Å²) in [5.41, 5.74) is 3.34. The van der Waals surface area contributed by atoms with E-state index in [9.17, 15) is 9.18 Å². The van der Waals surface area contributed by atoms with E-state index in [2.05, 4.69) is 5.10 Å². The summed E-state index contributed by atoms with van der Waals surface area (Å²) >= 11 is 0. The van der Waals surface area contributed by atoms with Crippen LogP contribution in [0.1, 0.15) is 35.1 Å². The summed E-state index contributed by atoms with van der Waals surface area (Å²) < 4.78 is 20.1. The van der Waals surface area contributed by atoms with Gasteiger partial charge in [-0.1, -0.05) is 0 Å². The number of hydrogen-bond donors (Lipinski definition) is 0. The maximum absolute atomic E-state index is 13.2. The van der Waals surface area contributed by atoms with Crippen LogP contribution in [0, 0.1) is 5.82 Å². The van der Waals surface area contributed by atoms with E-state index in [4.69, 9.17) is 4.74 Å². The number of fused-ring (bicyclic) bond motifs is 1. The van der Waals surface area contributed by atoms with Crippen LogP contribution in [0.5, 0.6) is 0 Å². The highest BCUT2D eigenvalue weighted by Crippen LogP contribution is 2.28. The minimum atomic E-state index is -0.285. The maximum atomic E-state index is 13.2. The molecular weight excluding hydrogens is 309 g/mol. The second-order valence-corrected chi connectivity index (χ2v) is 6.24. The van der Waals surface area contributed by atoms with Gasteiger partial charge in [0.25, 0.3) is 5.91 Å². The first kappa shape index (κ1) is 16.6. The van der Waals surface area contributed by atoms with Gasteiger partial charge < -0.3 is 9.64 Å². The third-order valence-electron chi connectivity index (χ3n) is 4.59. The van der Waals surface area contributed by atoms with Crippen LogP contribution in [0.4, 0.5) is 4.39 Å². The Kier molecular flexibility index (Phi) is 4.66. The second-order valence-electron chi connectivity index (χ2n) is 6.24. The third-order valence-corrected chi connectivity index (χ3v) is 4.59. The van der Waals surface area contributed by atoms with Gasteiger partial charge in [0.15, 0.2) is 5.69 Å². The lowest BCUT2D eigenvalue weighted by molar-refractivity contribution is 0.0626. The molecule has 1 amide bonds. The first-order chi connectivity index (χ1) is 11.5. The molecule has 0 saturated heterocycles. The van der Waals surface area contributed by atoms with E-state index in [1.165, 1.54) is 12.1 Å². The molecule has 1 heterocycles. The Morgan fingerprint density at radius 1 is 1.38 bits per heavy atom. The molecule has 0 saturated carbocycles. The van der Waals surface area contributed by atoms with Crippen molar-refractivity contribution in [3.63, 3.8) is 0 Å². The largest absolute Gasteiger partial charge is 0.383 e. The van der Waals surface area contributed by atoms with Gasteiger partial charge in [-0.15, -0.1) is 0 Å². The van der Waals surface area contributed by atoms with Crippen molar-refractivity contribution in [1.29, 1.82) is 0 Å². The summed E-state index contributed by atoms with van der Waals surface area (Å²) in [7, 11) is 3.39. The van der Waals surface area contributed by atoms with Crippen LogP contribution < -0.4 is 0 Å². The highest BCUT2D eigenvalue weighted by molar-refractivity contribution is 5.94. The number of benzene rings is 1. The van der Waals surface area contributed by atoms with Gasteiger partial charge >= 0.3 is 0 Å². The number of nitrogens with zero attached hydrogens (tertiary/aromatic N) is 3. The molecule has 3 rings (SSSR count). The zero-order valence-electron chi connectivity index (χ0n) is 14.3. The van der Waals surface area contributed by atoms with E-state index in [0.717, 1.165) is 36.2 Å². The monoisotopic (exact) mass is 331 g/mol. The molecule has 0 aliphatic heterocycles. The van der Waals surface area contributed by atoms with Gasteiger partial charge in [0.2, 0.25) is 0 Å². The third kappa shape index (κ3) is 2.94. The van der Waals surface area contributed by atoms with Gasteiger partial charge in [0, 0.05) is 25.4 Å². The molecule has 0 unspecified atom stereocenters. The summed E-state index contributed by atoms with van der Waals surface area (Å²) in [5.74, 6) is -0.384. The number of rotatable bonds is 5. The molecule has 2 aromatic rings. The first-order valence-electron chi connectivity index (χ1n) is 8.15. The van der Waals surface area contributed by atoms with Gasteiger partial charge in [-0.05, 0) is 50.5 Å². The Morgan fingerprint density at radius 2 is 2.08 bits per heavy atom. The summed E-state index contributed by atoms with van der Waals surface area (Å²) in [5, 5.41) is 4.56. The molecule has 1 atom stereocenters. The molecule has 0 fully saturated rings. The van der Waals surface area contributed by atoms with Gasteiger partial charge in [-0.25, -0.2) is 9.07 Å². The number of likely N-dealkylation sites (N-methyl/N-ethyl adjacent to an activating group) is 1. The van der Waals surface area contributed by atoms with Crippen molar-refractivity contribution in [2.45, 2.75) is 32.2 Å². The van der Waals surface area contributed by atoms with E-state index >= 15 is 0 Å². The summed E-state index contributed by atoms with van der Waals surface area (Å²) in [6.45, 7) is 2.42. The number of ether oxygens (including phenoxy) is 1. The molecule has 0 spiro atoms. The summed E-state index contributed by atoms with van der Waals surface area (Å²) in [4.78, 5) is 14.5. The lowest BCUT2D eigenvalue weighted by atomic mass is 10.1. The van der Waals surface area contributed by atoms with Crippen molar-refractivity contribution in [1.82, 2.24) is 14.7 Å². The lowest BCUT2D eigenvalue weighted by Gasteiger charge is -2.23. The molecule has 24 heavy (non-hydrogen) atoms. The molecule has 1 aromatic heterocycles. The fourth-order valence-corrected chi connectivity index (χ4v) is 3.13. The van der Waals surface area contributed by atoms with E-state index < -0.39 is 0 Å². The Morgan fingerprint density at radius 3 is 2.75 bits per heavy atom. The predicted molar refractivity (Wildman–Crippen MR) is 89.0 cm³/mol. The molecule has 6 heteroatoms. The predicted octanol–water partition coefficient (Wildman–Crippen LogP) is 2.61. The van der Waals surface area contributed by atoms with Crippen molar-refractivity contribution in [3.05, 3.63) is 47.0 Å². The molecule has 1 aliphatic rings. The maximum Gasteiger partial charge on any atom is 0.274 e. The van der Waals surface area contributed by atoms with Crippen molar-refractivity contribution in [3.8, 4) is 5.69 Å². The topological polar surface area (TPSA) is 47.4 Å². The minimum Gasteiger partial charge on any atom is -0.383 e. The molecule has 0 bridgehead atoms. The van der Waals surface area contributed by atoms with Crippen LogP contribution in [0.25, 0.3) is 5.69 Å². The highest BCUT2D eigenvalue weighted by Gasteiger charge is 2.29. The normalized spacial score (nSPS) is 14.5. The molecule has 128 valence electrons. The highest BCUT2D eigenvalue weighted by atomic mass is 19.1. The van der Waals surface area contributed by atoms with E-state index in [1.54, 1.807) is 35.9 Å². The molecule has 5 nitrogen and oxygen atoms in total. The number of aromatic nitrogens is 2. The first-order valence-corrected chi connectivity index (χ1v) is 8.15. The van der Waals surface area contributed by atoms with E-state index in [0.29, 0.717) is 12.3 Å². The van der Waals surface area contributed by atoms with Crippen LogP contribution in [-0.4, -0.2) is 47.4 Å². The standard InChI is InChI=1S/C18H22FN3O2/c1-12(11-24-3)21(2)18(23)17-15-5-4-6-16(15)22(20-17)14-9-7-13(19)8-10-14/h7-10,12H,4-6,11H2,1-3H3/t12-/m0/s1. The van der Waals surface area contributed by atoms with E-state index in [1.807, 2.05) is 6.92 Å². The zero-order chi connectivity index (χ0) is 17.3. The Hall–Kier alpha value is -2.21. The Bertz CT molecular complexity index is 739. The molecule has 0 radical (unpaired) electrons. The Balaban J connectivity index is 1.97. The summed E-state index contributed by atoms with van der Waals surface area (Å²) in [6, 6.07) is 6.16. The van der Waals surface area contributed by atoms with Crippen LogP contribution >= 0.6 is 0 Å². The van der Waals surface area contributed by atoms with Gasteiger partial charge in [0.1, 0.15) is 5.82 Å². The van der Waals surface area contributed by atoms with Crippen molar-refractivity contribution in [2.75, 3.05) is 20.8 Å². The number of carbonyl (C=O) groups excluding carboxylic acids is 1. The van der Waals surface area contributed by atoms with Crippen molar-refractivity contribution in [2.24, 2.45) is 0 Å². The van der Waals surface area contributed by atoms with Crippen LogP contribution in [0.2, 0.25) is 0 Å². The average Bonchev–Trinajstić information content (AvgIpc) is 3.17. The fourth-order valence-electron chi connectivity index (χ4n) is 3.13. The molecule has 0 N–H and O–H groups in total. The Labute approximate surface area is 141 Å². The molecule has 1 aromatic carbocycles. The summed E-state index contributed by atoms with van der Waals surface area (Å²) in [6.07, 6.45) is 2.74. The van der Waals surface area contributed by atoms with Crippen molar-refractivity contribution < 1.29 is 13.9 Å². The van der Waals surface area contributed by atoms with Gasteiger partial charge in [-0.2, -0.15) is 5.10 Å². The number of carbonyl (C=O) groups is 1. The van der Waals surface area contributed by atoms with Crippen LogP contribution in [0.15, 0.2) is 24.3 Å². The number of methoxy groups -OCH3 is 1. The average molecular weight is 331 g/mol. The SMILES string of the molecule is COC[C@H](C)N(C)C(=O)c1nn(-c2ccc(F)cc2)c2c1CCC2.